The Bertz CT molecular complexity index is 119. The topological polar surface area (TPSA) is 79.2 Å². The van der Waals surface area contributed by atoms with Gasteiger partial charge in [0.1, 0.15) is 6.79 Å². The summed E-state index contributed by atoms with van der Waals surface area (Å²) in [6.45, 7) is -0.170. The third kappa shape index (κ3) is 3.04. The third-order valence-electron chi connectivity index (χ3n) is 1.75. The molecular weight excluding hydrogens is 164 g/mol. The van der Waals surface area contributed by atoms with Crippen molar-refractivity contribution in [2.24, 2.45) is 0 Å². The Morgan fingerprint density at radius 1 is 1.33 bits per heavy atom. The smallest absolute Gasteiger partial charge is 0.157 e. The number of aliphatic hydroxyl groups is 3. The second-order valence-electron chi connectivity index (χ2n) is 2.84. The fraction of sp³-hybridized carbons (Fsp3) is 1.00. The molecule has 3 atom stereocenters. The SMILES string of the molecule is OCOCC1CC(O)CC(O)O1. The molecule has 0 bridgehead atoms. The van der Waals surface area contributed by atoms with E-state index in [1.165, 1.54) is 0 Å². The summed E-state index contributed by atoms with van der Waals surface area (Å²) in [7, 11) is 0. The number of ether oxygens (including phenoxy) is 2. The summed E-state index contributed by atoms with van der Waals surface area (Å²) < 4.78 is 9.70. The first-order valence-electron chi connectivity index (χ1n) is 3.92. The fourth-order valence-electron chi connectivity index (χ4n) is 1.26. The molecule has 0 aromatic rings. The maximum Gasteiger partial charge on any atom is 0.157 e. The van der Waals surface area contributed by atoms with Gasteiger partial charge in [-0.25, -0.2) is 0 Å². The first-order valence-corrected chi connectivity index (χ1v) is 3.92. The summed E-state index contributed by atoms with van der Waals surface area (Å²) in [5.74, 6) is 0. The zero-order valence-corrected chi connectivity index (χ0v) is 6.72. The molecule has 3 unspecified atom stereocenters. The van der Waals surface area contributed by atoms with Crippen LogP contribution in [0.3, 0.4) is 0 Å². The summed E-state index contributed by atoms with van der Waals surface area (Å²) in [4.78, 5) is 0. The van der Waals surface area contributed by atoms with Gasteiger partial charge < -0.3 is 24.8 Å². The minimum atomic E-state index is -0.916. The molecular formula is C7H14O5. The minimum Gasteiger partial charge on any atom is -0.393 e. The molecule has 1 rings (SSSR count). The highest BCUT2D eigenvalue weighted by Crippen LogP contribution is 2.17. The molecule has 0 amide bonds. The van der Waals surface area contributed by atoms with Gasteiger partial charge in [0.25, 0.3) is 0 Å². The molecule has 1 fully saturated rings. The van der Waals surface area contributed by atoms with E-state index in [1.807, 2.05) is 0 Å². The second kappa shape index (κ2) is 4.74. The van der Waals surface area contributed by atoms with Gasteiger partial charge in [0.15, 0.2) is 6.29 Å². The molecule has 1 heterocycles. The van der Waals surface area contributed by atoms with Gasteiger partial charge in [-0.2, -0.15) is 0 Å². The van der Waals surface area contributed by atoms with Crippen LogP contribution >= 0.6 is 0 Å². The number of rotatable bonds is 3. The van der Waals surface area contributed by atoms with Crippen molar-refractivity contribution in [3.05, 3.63) is 0 Å². The molecule has 1 saturated heterocycles. The van der Waals surface area contributed by atoms with E-state index >= 15 is 0 Å². The Balaban J connectivity index is 2.24. The van der Waals surface area contributed by atoms with Crippen LogP contribution < -0.4 is 0 Å². The number of hydrogen-bond acceptors (Lipinski definition) is 5. The minimum absolute atomic E-state index is 0.199. The van der Waals surface area contributed by atoms with Crippen LogP contribution in [0.5, 0.6) is 0 Å². The average molecular weight is 178 g/mol. The van der Waals surface area contributed by atoms with Crippen molar-refractivity contribution in [3.63, 3.8) is 0 Å². The van der Waals surface area contributed by atoms with E-state index in [0.29, 0.717) is 6.42 Å². The van der Waals surface area contributed by atoms with Gasteiger partial charge in [-0.3, -0.25) is 0 Å². The van der Waals surface area contributed by atoms with E-state index in [0.717, 1.165) is 0 Å². The van der Waals surface area contributed by atoms with E-state index in [-0.39, 0.29) is 25.9 Å². The maximum atomic E-state index is 9.19. The van der Waals surface area contributed by atoms with Gasteiger partial charge in [-0.15, -0.1) is 0 Å². The Kier molecular flexibility index (Phi) is 3.90. The standard InChI is InChI=1S/C7H14O5/c8-4-11-3-6-1-5(9)2-7(10)12-6/h5-10H,1-4H2. The van der Waals surface area contributed by atoms with Gasteiger partial charge in [-0.05, 0) is 0 Å². The van der Waals surface area contributed by atoms with E-state index in [4.69, 9.17) is 14.9 Å². The summed E-state index contributed by atoms with van der Waals surface area (Å²) in [6.07, 6.45) is -1.09. The molecule has 3 N–H and O–H groups in total. The Morgan fingerprint density at radius 3 is 2.67 bits per heavy atom. The van der Waals surface area contributed by atoms with Crippen molar-refractivity contribution >= 4 is 0 Å². The molecule has 0 radical (unpaired) electrons. The molecule has 72 valence electrons. The van der Waals surface area contributed by atoms with Crippen molar-refractivity contribution in [3.8, 4) is 0 Å². The predicted molar refractivity (Wildman–Crippen MR) is 39.2 cm³/mol. The monoisotopic (exact) mass is 178 g/mol. The predicted octanol–water partition coefficient (Wildman–Crippen LogP) is -1.19. The molecule has 12 heavy (non-hydrogen) atoms. The molecule has 1 aliphatic rings. The fourth-order valence-corrected chi connectivity index (χ4v) is 1.26. The summed E-state index contributed by atoms with van der Waals surface area (Å²) in [5.41, 5.74) is 0. The molecule has 5 nitrogen and oxygen atoms in total. The quantitative estimate of drug-likeness (QED) is 0.474. The van der Waals surface area contributed by atoms with Crippen LogP contribution in [-0.4, -0.2) is 47.2 Å². The van der Waals surface area contributed by atoms with Gasteiger partial charge in [0.05, 0.1) is 18.8 Å². The number of aliphatic hydroxyl groups excluding tert-OH is 3. The summed E-state index contributed by atoms with van der Waals surface area (Å²) >= 11 is 0. The lowest BCUT2D eigenvalue weighted by molar-refractivity contribution is -0.206. The van der Waals surface area contributed by atoms with Crippen molar-refractivity contribution in [2.75, 3.05) is 13.4 Å². The lowest BCUT2D eigenvalue weighted by Crippen LogP contribution is -2.38. The van der Waals surface area contributed by atoms with Crippen molar-refractivity contribution in [1.82, 2.24) is 0 Å². The average Bonchev–Trinajstić information content (AvgIpc) is 1.99. The van der Waals surface area contributed by atoms with E-state index in [9.17, 15) is 5.11 Å². The van der Waals surface area contributed by atoms with E-state index in [1.54, 1.807) is 0 Å². The Morgan fingerprint density at radius 2 is 2.08 bits per heavy atom. The maximum absolute atomic E-state index is 9.19. The van der Waals surface area contributed by atoms with Crippen LogP contribution in [0.4, 0.5) is 0 Å². The first-order chi connectivity index (χ1) is 5.72. The third-order valence-corrected chi connectivity index (χ3v) is 1.75. The zero-order chi connectivity index (χ0) is 8.97. The van der Waals surface area contributed by atoms with Gasteiger partial charge in [-0.1, -0.05) is 0 Å². The largest absolute Gasteiger partial charge is 0.393 e. The second-order valence-corrected chi connectivity index (χ2v) is 2.84. The van der Waals surface area contributed by atoms with E-state index < -0.39 is 12.4 Å². The lowest BCUT2D eigenvalue weighted by Gasteiger charge is -2.29. The van der Waals surface area contributed by atoms with Gasteiger partial charge in [0.2, 0.25) is 0 Å². The highest BCUT2D eigenvalue weighted by atomic mass is 16.6. The zero-order valence-electron chi connectivity index (χ0n) is 6.72. The normalized spacial score (nSPS) is 36.8. The van der Waals surface area contributed by atoms with Crippen LogP contribution in [0.1, 0.15) is 12.8 Å². The number of hydrogen-bond donors (Lipinski definition) is 3. The molecule has 0 saturated carbocycles. The summed E-state index contributed by atoms with van der Waals surface area (Å²) in [5, 5.41) is 26.6. The first kappa shape index (κ1) is 9.88. The highest BCUT2D eigenvalue weighted by molar-refractivity contribution is 4.71. The Hall–Kier alpha value is -0.200. The van der Waals surface area contributed by atoms with Crippen LogP contribution in [-0.2, 0) is 9.47 Å². The summed E-state index contributed by atoms with van der Waals surface area (Å²) in [6, 6.07) is 0. The van der Waals surface area contributed by atoms with Crippen LogP contribution in [0.15, 0.2) is 0 Å². The van der Waals surface area contributed by atoms with E-state index in [2.05, 4.69) is 4.74 Å². The molecule has 0 aliphatic carbocycles. The lowest BCUT2D eigenvalue weighted by atomic mass is 10.1. The molecule has 1 aliphatic heterocycles. The van der Waals surface area contributed by atoms with Crippen LogP contribution in [0.25, 0.3) is 0 Å². The molecule has 0 aromatic carbocycles. The van der Waals surface area contributed by atoms with Crippen molar-refractivity contribution in [1.29, 1.82) is 0 Å². The molecule has 0 spiro atoms. The van der Waals surface area contributed by atoms with Gasteiger partial charge >= 0.3 is 0 Å². The van der Waals surface area contributed by atoms with Crippen LogP contribution in [0, 0.1) is 0 Å². The molecule has 5 heteroatoms. The van der Waals surface area contributed by atoms with Crippen molar-refractivity contribution < 1.29 is 24.8 Å². The van der Waals surface area contributed by atoms with Gasteiger partial charge in [0, 0.05) is 12.8 Å². The highest BCUT2D eigenvalue weighted by Gasteiger charge is 2.26. The Labute approximate surface area is 70.5 Å². The molecule has 0 aromatic heterocycles. The van der Waals surface area contributed by atoms with Crippen LogP contribution in [0.2, 0.25) is 0 Å². The van der Waals surface area contributed by atoms with Crippen molar-refractivity contribution in [2.45, 2.75) is 31.3 Å².